The Hall–Kier alpha value is -2.81. The van der Waals surface area contributed by atoms with Gasteiger partial charge in [0.1, 0.15) is 5.83 Å². The molecule has 0 atom stereocenters. The summed E-state index contributed by atoms with van der Waals surface area (Å²) < 4.78 is 15.9. The molecule has 1 rings (SSSR count). The van der Waals surface area contributed by atoms with Gasteiger partial charge in [-0.2, -0.15) is 0 Å². The van der Waals surface area contributed by atoms with Gasteiger partial charge in [-0.15, -0.1) is 0 Å². The van der Waals surface area contributed by atoms with E-state index in [9.17, 15) is 0 Å². The fourth-order valence-electron chi connectivity index (χ4n) is 4.14. The van der Waals surface area contributed by atoms with Crippen LogP contribution in [0, 0.1) is 5.41 Å². The fraction of sp³-hybridized carbons (Fsp3) is 0.419. The lowest BCUT2D eigenvalue weighted by molar-refractivity contribution is 0.413. The van der Waals surface area contributed by atoms with Crippen molar-refractivity contribution in [3.8, 4) is 0 Å². The number of nitrogens with two attached hydrogens (primary N) is 1. The molecule has 0 saturated carbocycles. The van der Waals surface area contributed by atoms with Crippen LogP contribution in [0.1, 0.15) is 75.2 Å². The molecular formula is C31H45FN2. The highest BCUT2D eigenvalue weighted by atomic mass is 19.1. The Labute approximate surface area is 208 Å². The molecule has 34 heavy (non-hydrogen) atoms. The van der Waals surface area contributed by atoms with Gasteiger partial charge in [0.2, 0.25) is 0 Å². The minimum absolute atomic E-state index is 0.177. The third-order valence-corrected chi connectivity index (χ3v) is 6.63. The molecule has 0 radical (unpaired) electrons. The lowest BCUT2D eigenvalue weighted by Crippen LogP contribution is -2.16. The van der Waals surface area contributed by atoms with E-state index in [0.717, 1.165) is 35.1 Å². The van der Waals surface area contributed by atoms with Crippen LogP contribution in [0.5, 0.6) is 0 Å². The standard InChI is InChI=1S/C31H45FN2/c1-19(2)17-28(34-12)26-13-14-27(24(8)29(25(9)33)30(26)32)31(10,11)16-15-21(5)23(7)18-22(6)20(3)4/h13-14,17-18,34H,1,3,15-16,33H2,2,4-12H3/b22-18-,23-21+,28-17+,29-25-. The van der Waals surface area contributed by atoms with Crippen molar-refractivity contribution in [2.75, 3.05) is 7.05 Å². The first-order valence-electron chi connectivity index (χ1n) is 12.0. The number of rotatable bonds is 9. The SMILES string of the molecule is C=C(C)/C=C(/NC)C1=C(F)/C(=C(/C)N)C(C)=C(C(C)(C)CC/C(C)=C(C)/C=C(/C)C(=C)C)C=C1. The molecule has 0 aliphatic heterocycles. The number of nitrogens with one attached hydrogen (secondary N) is 1. The molecule has 2 nitrogen and oxygen atoms in total. The zero-order chi connectivity index (χ0) is 26.4. The van der Waals surface area contributed by atoms with Crippen molar-refractivity contribution >= 4 is 0 Å². The Balaban J connectivity index is 3.49. The van der Waals surface area contributed by atoms with Gasteiger partial charge in [0.25, 0.3) is 0 Å². The molecule has 0 fully saturated rings. The van der Waals surface area contributed by atoms with E-state index < -0.39 is 0 Å². The summed E-state index contributed by atoms with van der Waals surface area (Å²) in [6.07, 6.45) is 9.86. The molecule has 0 aromatic rings. The molecule has 0 unspecified atom stereocenters. The van der Waals surface area contributed by atoms with E-state index in [1.54, 1.807) is 14.0 Å². The van der Waals surface area contributed by atoms with Crippen molar-refractivity contribution in [3.05, 3.63) is 105 Å². The van der Waals surface area contributed by atoms with Crippen LogP contribution < -0.4 is 11.1 Å². The lowest BCUT2D eigenvalue weighted by Gasteiger charge is -2.29. The average Bonchev–Trinajstić information content (AvgIpc) is 2.85. The summed E-state index contributed by atoms with van der Waals surface area (Å²) in [5, 5.41) is 3.12. The summed E-state index contributed by atoms with van der Waals surface area (Å²) >= 11 is 0. The van der Waals surface area contributed by atoms with Gasteiger partial charge in [0, 0.05) is 29.6 Å². The summed E-state index contributed by atoms with van der Waals surface area (Å²) in [6.45, 7) is 26.5. The van der Waals surface area contributed by atoms with Crippen molar-refractivity contribution < 1.29 is 4.39 Å². The second-order valence-electron chi connectivity index (χ2n) is 10.3. The van der Waals surface area contributed by atoms with Gasteiger partial charge in [-0.1, -0.05) is 61.4 Å². The van der Waals surface area contributed by atoms with Crippen LogP contribution in [0.3, 0.4) is 0 Å². The average molecular weight is 465 g/mol. The van der Waals surface area contributed by atoms with Gasteiger partial charge in [0.15, 0.2) is 0 Å². The van der Waals surface area contributed by atoms with Crippen LogP contribution in [0.2, 0.25) is 0 Å². The quantitative estimate of drug-likeness (QED) is 0.335. The lowest BCUT2D eigenvalue weighted by atomic mass is 9.75. The molecule has 0 aromatic heterocycles. The molecule has 0 amide bonds. The summed E-state index contributed by atoms with van der Waals surface area (Å²) in [4.78, 5) is 0. The highest BCUT2D eigenvalue weighted by molar-refractivity contribution is 5.61. The summed E-state index contributed by atoms with van der Waals surface area (Å²) in [5.74, 6) is -0.311. The van der Waals surface area contributed by atoms with E-state index >= 15 is 4.39 Å². The third kappa shape index (κ3) is 7.35. The molecule has 0 heterocycles. The first-order chi connectivity index (χ1) is 15.6. The number of allylic oxidation sites excluding steroid dienone is 14. The Kier molecular flexibility index (Phi) is 10.4. The Morgan fingerprint density at radius 1 is 1.06 bits per heavy atom. The summed E-state index contributed by atoms with van der Waals surface area (Å²) in [7, 11) is 1.79. The zero-order valence-corrected chi connectivity index (χ0v) is 23.1. The van der Waals surface area contributed by atoms with E-state index in [1.807, 2.05) is 32.9 Å². The molecular weight excluding hydrogens is 419 g/mol. The first-order valence-corrected chi connectivity index (χ1v) is 12.0. The first kappa shape index (κ1) is 29.2. The predicted octanol–water partition coefficient (Wildman–Crippen LogP) is 8.67. The van der Waals surface area contributed by atoms with E-state index in [-0.39, 0.29) is 11.2 Å². The molecule has 0 aromatic carbocycles. The summed E-state index contributed by atoms with van der Waals surface area (Å²) in [6, 6.07) is 0. The van der Waals surface area contributed by atoms with Crippen LogP contribution in [0.25, 0.3) is 0 Å². The van der Waals surface area contributed by atoms with E-state index in [4.69, 9.17) is 5.73 Å². The number of halogens is 1. The number of likely N-dealkylation sites (N-methyl/N-ethyl adjacent to an activating group) is 1. The van der Waals surface area contributed by atoms with Crippen molar-refractivity contribution in [1.82, 2.24) is 5.32 Å². The van der Waals surface area contributed by atoms with Crippen molar-refractivity contribution in [3.63, 3.8) is 0 Å². The maximum Gasteiger partial charge on any atom is 0.141 e. The molecule has 3 N–H and O–H groups in total. The van der Waals surface area contributed by atoms with Crippen LogP contribution in [0.15, 0.2) is 105 Å². The van der Waals surface area contributed by atoms with Gasteiger partial charge < -0.3 is 11.1 Å². The monoisotopic (exact) mass is 464 g/mol. The zero-order valence-electron chi connectivity index (χ0n) is 23.1. The van der Waals surface area contributed by atoms with Crippen LogP contribution in [-0.4, -0.2) is 7.05 Å². The minimum Gasteiger partial charge on any atom is -0.402 e. The van der Waals surface area contributed by atoms with E-state index in [1.165, 1.54) is 16.7 Å². The van der Waals surface area contributed by atoms with Gasteiger partial charge in [-0.3, -0.25) is 0 Å². The van der Waals surface area contributed by atoms with Gasteiger partial charge in [-0.25, -0.2) is 4.39 Å². The largest absolute Gasteiger partial charge is 0.402 e. The third-order valence-electron chi connectivity index (χ3n) is 6.63. The summed E-state index contributed by atoms with van der Waals surface area (Å²) in [5.41, 5.74) is 15.9. The molecule has 1 aliphatic rings. The predicted molar refractivity (Wildman–Crippen MR) is 149 cm³/mol. The smallest absolute Gasteiger partial charge is 0.141 e. The normalized spacial score (nSPS) is 18.1. The van der Waals surface area contributed by atoms with Crippen molar-refractivity contribution in [2.24, 2.45) is 11.1 Å². The topological polar surface area (TPSA) is 38.0 Å². The minimum atomic E-state index is -0.311. The highest BCUT2D eigenvalue weighted by Gasteiger charge is 2.29. The Morgan fingerprint density at radius 2 is 1.65 bits per heavy atom. The van der Waals surface area contributed by atoms with Gasteiger partial charge in [-0.05, 0) is 95.6 Å². The van der Waals surface area contributed by atoms with Crippen molar-refractivity contribution in [1.29, 1.82) is 0 Å². The second kappa shape index (κ2) is 12.1. The highest BCUT2D eigenvalue weighted by Crippen LogP contribution is 2.42. The number of hydrogen-bond acceptors (Lipinski definition) is 2. The molecule has 3 heteroatoms. The second-order valence-corrected chi connectivity index (χ2v) is 10.3. The fourth-order valence-corrected chi connectivity index (χ4v) is 4.14. The maximum atomic E-state index is 15.9. The molecule has 0 spiro atoms. The Bertz CT molecular complexity index is 1060. The van der Waals surface area contributed by atoms with Crippen LogP contribution in [0.4, 0.5) is 4.39 Å². The molecule has 1 aliphatic carbocycles. The molecule has 186 valence electrons. The van der Waals surface area contributed by atoms with Crippen LogP contribution >= 0.6 is 0 Å². The Morgan fingerprint density at radius 3 is 2.12 bits per heavy atom. The van der Waals surface area contributed by atoms with Gasteiger partial charge in [0.05, 0.1) is 0 Å². The van der Waals surface area contributed by atoms with E-state index in [0.29, 0.717) is 22.5 Å². The van der Waals surface area contributed by atoms with Crippen molar-refractivity contribution in [2.45, 2.75) is 75.2 Å². The molecule has 0 saturated heterocycles. The number of hydrogen-bond donors (Lipinski definition) is 2. The van der Waals surface area contributed by atoms with E-state index in [2.05, 4.69) is 65.2 Å². The maximum absolute atomic E-state index is 15.9. The van der Waals surface area contributed by atoms with Gasteiger partial charge >= 0.3 is 0 Å². The molecule has 0 bridgehead atoms. The van der Waals surface area contributed by atoms with Crippen LogP contribution in [-0.2, 0) is 0 Å².